The topological polar surface area (TPSA) is 72.8 Å². The van der Waals surface area contributed by atoms with Gasteiger partial charge in [-0.25, -0.2) is 0 Å². The summed E-state index contributed by atoms with van der Waals surface area (Å²) >= 11 is 0. The van der Waals surface area contributed by atoms with Crippen molar-refractivity contribution in [1.82, 2.24) is 0 Å². The molecule has 3 saturated carbocycles. The third-order valence-electron chi connectivity index (χ3n) is 6.65. The molecule has 3 aliphatic rings. The Morgan fingerprint density at radius 2 is 1.71 bits per heavy atom. The van der Waals surface area contributed by atoms with Gasteiger partial charge in [-0.05, 0) is 36.2 Å². The van der Waals surface area contributed by atoms with E-state index in [0.29, 0.717) is 18.4 Å². The lowest BCUT2D eigenvalue weighted by Gasteiger charge is -2.42. The van der Waals surface area contributed by atoms with Crippen LogP contribution in [0.2, 0.25) is 0 Å². The van der Waals surface area contributed by atoms with Gasteiger partial charge in [0.2, 0.25) is 0 Å². The van der Waals surface area contributed by atoms with Crippen molar-refractivity contribution in [2.75, 3.05) is 0 Å². The maximum absolute atomic E-state index is 11.7. The summed E-state index contributed by atoms with van der Waals surface area (Å²) in [5.41, 5.74) is -0.966. The predicted octanol–water partition coefficient (Wildman–Crippen LogP) is 2.61. The van der Waals surface area contributed by atoms with E-state index in [4.69, 9.17) is 9.47 Å². The third kappa shape index (κ3) is 2.17. The molecule has 0 heterocycles. The number of carbonyl (C=O) groups excluding carboxylic acids is 2. The first-order valence-corrected chi connectivity index (χ1v) is 8.69. The van der Waals surface area contributed by atoms with E-state index in [0.717, 1.165) is 6.42 Å². The van der Waals surface area contributed by atoms with E-state index in [-0.39, 0.29) is 40.7 Å². The molecular formula is C19H28O5. The highest BCUT2D eigenvalue weighted by molar-refractivity contribution is 5.67. The monoisotopic (exact) mass is 336 g/mol. The number of ether oxygens (including phenoxy) is 2. The highest BCUT2D eigenvalue weighted by Crippen LogP contribution is 2.72. The molecule has 1 N–H and O–H groups in total. The Kier molecular flexibility index (Phi) is 3.69. The minimum absolute atomic E-state index is 0.0259. The molecule has 0 spiro atoms. The summed E-state index contributed by atoms with van der Waals surface area (Å²) in [5.74, 6) is -0.740. The fraction of sp³-hybridized carbons (Fsp3) is 0.789. The summed E-state index contributed by atoms with van der Waals surface area (Å²) in [6.45, 7) is 13.3. The highest BCUT2D eigenvalue weighted by Gasteiger charge is 2.74. The standard InChI is InChI=1S/C19H28O5/c1-10-14(23-11(2)20)7-13-8-18(6)15(24-12(3)21)9-17(4,5)16(18)19(10,13)22/h13-16,22H,1,7-9H2,2-6H3/t13-,14+,15?,16+,18-,19?/m1/s1. The van der Waals surface area contributed by atoms with Crippen molar-refractivity contribution in [3.05, 3.63) is 12.2 Å². The molecule has 0 aromatic carbocycles. The molecule has 2 unspecified atom stereocenters. The van der Waals surface area contributed by atoms with Gasteiger partial charge in [-0.3, -0.25) is 9.59 Å². The molecule has 0 aliphatic heterocycles. The Morgan fingerprint density at radius 3 is 2.25 bits per heavy atom. The van der Waals surface area contributed by atoms with Crippen LogP contribution in [0.25, 0.3) is 0 Å². The van der Waals surface area contributed by atoms with Gasteiger partial charge in [0, 0.05) is 25.2 Å². The number of hydrogen-bond acceptors (Lipinski definition) is 5. The van der Waals surface area contributed by atoms with Gasteiger partial charge in [-0.1, -0.05) is 27.4 Å². The average Bonchev–Trinajstić information content (AvgIpc) is 2.84. The summed E-state index contributed by atoms with van der Waals surface area (Å²) in [6.07, 6.45) is 1.42. The van der Waals surface area contributed by atoms with Crippen molar-refractivity contribution < 1.29 is 24.2 Å². The first kappa shape index (κ1) is 17.5. The molecule has 0 amide bonds. The molecule has 5 nitrogen and oxygen atoms in total. The summed E-state index contributed by atoms with van der Waals surface area (Å²) in [4.78, 5) is 22.9. The van der Waals surface area contributed by atoms with Crippen LogP contribution in [0.3, 0.4) is 0 Å². The lowest BCUT2D eigenvalue weighted by Crippen LogP contribution is -2.47. The molecule has 0 aromatic rings. The Labute approximate surface area is 143 Å². The number of esters is 2. The van der Waals surface area contributed by atoms with Crippen LogP contribution in [0.5, 0.6) is 0 Å². The summed E-state index contributed by atoms with van der Waals surface area (Å²) in [6, 6.07) is 0. The van der Waals surface area contributed by atoms with E-state index in [2.05, 4.69) is 27.4 Å². The van der Waals surface area contributed by atoms with Gasteiger partial charge < -0.3 is 14.6 Å². The van der Waals surface area contributed by atoms with Gasteiger partial charge in [0.05, 0.1) is 5.60 Å². The van der Waals surface area contributed by atoms with Crippen LogP contribution in [-0.4, -0.2) is 34.9 Å². The molecule has 6 atom stereocenters. The second kappa shape index (κ2) is 5.07. The zero-order valence-electron chi connectivity index (χ0n) is 15.2. The predicted molar refractivity (Wildman–Crippen MR) is 87.9 cm³/mol. The molecule has 134 valence electrons. The smallest absolute Gasteiger partial charge is 0.303 e. The van der Waals surface area contributed by atoms with Gasteiger partial charge in [0.25, 0.3) is 0 Å². The van der Waals surface area contributed by atoms with Crippen molar-refractivity contribution in [1.29, 1.82) is 0 Å². The number of aliphatic hydroxyl groups is 1. The number of hydrogen-bond donors (Lipinski definition) is 1. The molecule has 0 bridgehead atoms. The minimum atomic E-state index is -1.08. The fourth-order valence-electron chi connectivity index (χ4n) is 6.24. The summed E-state index contributed by atoms with van der Waals surface area (Å²) in [5, 5.41) is 11.7. The van der Waals surface area contributed by atoms with E-state index in [1.165, 1.54) is 13.8 Å². The second-order valence-corrected chi connectivity index (χ2v) is 8.82. The van der Waals surface area contributed by atoms with Crippen molar-refractivity contribution >= 4 is 11.9 Å². The van der Waals surface area contributed by atoms with E-state index in [1.54, 1.807) is 0 Å². The van der Waals surface area contributed by atoms with Crippen molar-refractivity contribution in [2.24, 2.45) is 22.7 Å². The maximum atomic E-state index is 11.7. The normalized spacial score (nSPS) is 45.7. The Hall–Kier alpha value is -1.36. The van der Waals surface area contributed by atoms with Gasteiger partial charge in [-0.15, -0.1) is 0 Å². The first-order chi connectivity index (χ1) is 10.9. The van der Waals surface area contributed by atoms with Crippen LogP contribution in [0, 0.1) is 22.7 Å². The third-order valence-corrected chi connectivity index (χ3v) is 6.65. The number of fused-ring (bicyclic) bond motifs is 3. The Morgan fingerprint density at radius 1 is 1.12 bits per heavy atom. The molecule has 3 rings (SSSR count). The van der Waals surface area contributed by atoms with Crippen molar-refractivity contribution in [2.45, 2.75) is 71.7 Å². The lowest BCUT2D eigenvalue weighted by atomic mass is 9.66. The molecule has 0 aromatic heterocycles. The van der Waals surface area contributed by atoms with Crippen LogP contribution in [0.4, 0.5) is 0 Å². The maximum Gasteiger partial charge on any atom is 0.303 e. The van der Waals surface area contributed by atoms with Gasteiger partial charge >= 0.3 is 11.9 Å². The number of rotatable bonds is 2. The van der Waals surface area contributed by atoms with E-state index in [1.807, 2.05) is 0 Å². The molecule has 24 heavy (non-hydrogen) atoms. The second-order valence-electron chi connectivity index (χ2n) is 8.82. The fourth-order valence-corrected chi connectivity index (χ4v) is 6.24. The molecule has 3 fully saturated rings. The summed E-state index contributed by atoms with van der Waals surface area (Å²) in [7, 11) is 0. The number of carbonyl (C=O) groups is 2. The average molecular weight is 336 g/mol. The van der Waals surface area contributed by atoms with Gasteiger partial charge in [0.1, 0.15) is 12.2 Å². The van der Waals surface area contributed by atoms with Crippen LogP contribution >= 0.6 is 0 Å². The highest BCUT2D eigenvalue weighted by atomic mass is 16.5. The van der Waals surface area contributed by atoms with Crippen LogP contribution in [0.1, 0.15) is 53.9 Å². The SMILES string of the molecule is C=C1[C@@H](OC(C)=O)C[C@@H]2C[C@]3(C)C(OC(C)=O)CC(C)(C)[C@@H]3C12O. The van der Waals surface area contributed by atoms with Crippen LogP contribution in [0.15, 0.2) is 12.2 Å². The molecular weight excluding hydrogens is 308 g/mol. The van der Waals surface area contributed by atoms with Crippen LogP contribution in [-0.2, 0) is 19.1 Å². The largest absolute Gasteiger partial charge is 0.462 e. The Balaban J connectivity index is 1.98. The van der Waals surface area contributed by atoms with Gasteiger partial charge in [0.15, 0.2) is 0 Å². The van der Waals surface area contributed by atoms with Crippen molar-refractivity contribution in [3.8, 4) is 0 Å². The lowest BCUT2D eigenvalue weighted by molar-refractivity contribution is -0.153. The zero-order valence-corrected chi connectivity index (χ0v) is 15.2. The first-order valence-electron chi connectivity index (χ1n) is 8.69. The van der Waals surface area contributed by atoms with Crippen molar-refractivity contribution in [3.63, 3.8) is 0 Å². The Bertz CT molecular complexity index is 609. The molecule has 0 radical (unpaired) electrons. The zero-order chi connectivity index (χ0) is 18.1. The summed E-state index contributed by atoms with van der Waals surface area (Å²) < 4.78 is 11.0. The van der Waals surface area contributed by atoms with Gasteiger partial charge in [-0.2, -0.15) is 0 Å². The van der Waals surface area contributed by atoms with E-state index >= 15 is 0 Å². The molecule has 3 aliphatic carbocycles. The van der Waals surface area contributed by atoms with Crippen LogP contribution < -0.4 is 0 Å². The quantitative estimate of drug-likeness (QED) is 0.620. The van der Waals surface area contributed by atoms with E-state index in [9.17, 15) is 14.7 Å². The van der Waals surface area contributed by atoms with E-state index < -0.39 is 11.7 Å². The molecule has 0 saturated heterocycles. The minimum Gasteiger partial charge on any atom is -0.462 e. The molecule has 5 heteroatoms.